The average Bonchev–Trinajstić information content (AvgIpc) is 2.29. The summed E-state index contributed by atoms with van der Waals surface area (Å²) in [6.45, 7) is 4.27. The van der Waals surface area contributed by atoms with E-state index in [4.69, 9.17) is 5.26 Å². The highest BCUT2D eigenvalue weighted by molar-refractivity contribution is 5.84. The van der Waals surface area contributed by atoms with E-state index in [1.54, 1.807) is 25.1 Å². The lowest BCUT2D eigenvalue weighted by Crippen LogP contribution is -2.37. The first-order valence-corrected chi connectivity index (χ1v) is 5.21. The second kappa shape index (κ2) is 5.76. The molecule has 16 heavy (non-hydrogen) atoms. The Balaban J connectivity index is 2.66. The zero-order chi connectivity index (χ0) is 12.0. The number of nitriles is 1. The molecule has 0 aliphatic carbocycles. The van der Waals surface area contributed by atoms with E-state index in [2.05, 4.69) is 16.7 Å². The number of likely N-dealkylation sites (N-methyl/N-ethyl adjacent to an activating group) is 1. The van der Waals surface area contributed by atoms with Gasteiger partial charge in [-0.2, -0.15) is 5.26 Å². The molecule has 1 aromatic rings. The molecule has 2 N–H and O–H groups in total. The molecule has 1 amide bonds. The first kappa shape index (κ1) is 12.1. The normalized spacial score (nSPS) is 11.3. The van der Waals surface area contributed by atoms with Crippen LogP contribution in [0, 0.1) is 11.3 Å². The van der Waals surface area contributed by atoms with Gasteiger partial charge in [0.05, 0.1) is 11.6 Å². The summed E-state index contributed by atoms with van der Waals surface area (Å²) in [4.78, 5) is 11.5. The van der Waals surface area contributed by atoms with Crippen molar-refractivity contribution in [1.82, 2.24) is 5.32 Å². The lowest BCUT2D eigenvalue weighted by molar-refractivity contribution is -0.121. The minimum absolute atomic E-state index is 0.0511. The molecule has 0 aliphatic heterocycles. The number of hydrogen-bond donors (Lipinski definition) is 2. The quantitative estimate of drug-likeness (QED) is 0.803. The van der Waals surface area contributed by atoms with E-state index in [1.807, 2.05) is 13.0 Å². The molecule has 0 spiro atoms. The Morgan fingerprint density at radius 1 is 1.56 bits per heavy atom. The van der Waals surface area contributed by atoms with E-state index < -0.39 is 0 Å². The van der Waals surface area contributed by atoms with Gasteiger partial charge in [0.1, 0.15) is 6.04 Å². The van der Waals surface area contributed by atoms with Crippen LogP contribution in [0.4, 0.5) is 5.69 Å². The molecule has 4 heteroatoms. The van der Waals surface area contributed by atoms with Crippen LogP contribution in [0.25, 0.3) is 0 Å². The van der Waals surface area contributed by atoms with Gasteiger partial charge in [-0.15, -0.1) is 0 Å². The Morgan fingerprint density at radius 2 is 2.31 bits per heavy atom. The molecule has 1 atom stereocenters. The molecule has 1 aromatic carbocycles. The second-order valence-corrected chi connectivity index (χ2v) is 3.45. The minimum Gasteiger partial charge on any atom is -0.374 e. The molecule has 0 fully saturated rings. The molecule has 0 bridgehead atoms. The Bertz CT molecular complexity index is 409. The third-order valence-corrected chi connectivity index (χ3v) is 2.12. The van der Waals surface area contributed by atoms with Gasteiger partial charge in [0.25, 0.3) is 0 Å². The fourth-order valence-electron chi connectivity index (χ4n) is 1.32. The van der Waals surface area contributed by atoms with Gasteiger partial charge in [-0.25, -0.2) is 0 Å². The Morgan fingerprint density at radius 3 is 2.94 bits per heavy atom. The molecule has 84 valence electrons. The lowest BCUT2D eigenvalue weighted by atomic mass is 10.2. The van der Waals surface area contributed by atoms with Gasteiger partial charge in [-0.1, -0.05) is 6.07 Å². The standard InChI is InChI=1S/C12H15N3O/c1-3-14-12(16)9(2)15-11-6-4-5-10(7-11)8-13/h4-7,9,15H,3H2,1-2H3,(H,14,16). The number of rotatable bonds is 4. The fourth-order valence-corrected chi connectivity index (χ4v) is 1.32. The number of hydrogen-bond acceptors (Lipinski definition) is 3. The predicted molar refractivity (Wildman–Crippen MR) is 62.9 cm³/mol. The van der Waals surface area contributed by atoms with Crippen molar-refractivity contribution in [2.45, 2.75) is 19.9 Å². The molecule has 1 unspecified atom stereocenters. The van der Waals surface area contributed by atoms with Crippen molar-refractivity contribution in [3.8, 4) is 6.07 Å². The Hall–Kier alpha value is -2.02. The van der Waals surface area contributed by atoms with E-state index in [0.29, 0.717) is 12.1 Å². The lowest BCUT2D eigenvalue weighted by Gasteiger charge is -2.14. The second-order valence-electron chi connectivity index (χ2n) is 3.45. The highest BCUT2D eigenvalue weighted by atomic mass is 16.2. The zero-order valence-corrected chi connectivity index (χ0v) is 9.45. The van der Waals surface area contributed by atoms with Crippen LogP contribution in [0.1, 0.15) is 19.4 Å². The SMILES string of the molecule is CCNC(=O)C(C)Nc1cccc(C#N)c1. The smallest absolute Gasteiger partial charge is 0.242 e. The van der Waals surface area contributed by atoms with Gasteiger partial charge in [0, 0.05) is 12.2 Å². The van der Waals surface area contributed by atoms with Crippen LogP contribution in [-0.4, -0.2) is 18.5 Å². The van der Waals surface area contributed by atoms with E-state index in [-0.39, 0.29) is 11.9 Å². The van der Waals surface area contributed by atoms with Gasteiger partial charge in [-0.05, 0) is 32.0 Å². The summed E-state index contributed by atoms with van der Waals surface area (Å²) in [5, 5.41) is 14.5. The van der Waals surface area contributed by atoms with E-state index >= 15 is 0 Å². The van der Waals surface area contributed by atoms with Crippen molar-refractivity contribution in [2.75, 3.05) is 11.9 Å². The topological polar surface area (TPSA) is 64.9 Å². The summed E-state index contributed by atoms with van der Waals surface area (Å²) >= 11 is 0. The maximum absolute atomic E-state index is 11.5. The van der Waals surface area contributed by atoms with Gasteiger partial charge >= 0.3 is 0 Å². The summed E-state index contributed by atoms with van der Waals surface area (Å²) in [5.41, 5.74) is 1.35. The highest BCUT2D eigenvalue weighted by Gasteiger charge is 2.10. The Kier molecular flexibility index (Phi) is 4.34. The van der Waals surface area contributed by atoms with Gasteiger partial charge in [-0.3, -0.25) is 4.79 Å². The molecule has 0 saturated heterocycles. The maximum Gasteiger partial charge on any atom is 0.242 e. The number of carbonyl (C=O) groups is 1. The number of carbonyl (C=O) groups excluding carboxylic acids is 1. The molecule has 0 radical (unpaired) electrons. The van der Waals surface area contributed by atoms with Crippen LogP contribution in [0.5, 0.6) is 0 Å². The molecule has 1 rings (SSSR count). The van der Waals surface area contributed by atoms with Crippen LogP contribution >= 0.6 is 0 Å². The van der Waals surface area contributed by atoms with Crippen molar-refractivity contribution in [3.63, 3.8) is 0 Å². The fraction of sp³-hybridized carbons (Fsp3) is 0.333. The van der Waals surface area contributed by atoms with E-state index in [9.17, 15) is 4.79 Å². The first-order valence-electron chi connectivity index (χ1n) is 5.21. The van der Waals surface area contributed by atoms with Crippen molar-refractivity contribution < 1.29 is 4.79 Å². The monoisotopic (exact) mass is 217 g/mol. The molecule has 0 aliphatic rings. The van der Waals surface area contributed by atoms with E-state index in [0.717, 1.165) is 5.69 Å². The minimum atomic E-state index is -0.311. The van der Waals surface area contributed by atoms with Crippen molar-refractivity contribution in [3.05, 3.63) is 29.8 Å². The molecular weight excluding hydrogens is 202 g/mol. The van der Waals surface area contributed by atoms with Crippen LogP contribution in [0.15, 0.2) is 24.3 Å². The Labute approximate surface area is 95.3 Å². The predicted octanol–water partition coefficient (Wildman–Crippen LogP) is 1.49. The molecule has 0 aromatic heterocycles. The van der Waals surface area contributed by atoms with E-state index in [1.165, 1.54) is 0 Å². The highest BCUT2D eigenvalue weighted by Crippen LogP contribution is 2.10. The van der Waals surface area contributed by atoms with Crippen molar-refractivity contribution in [2.24, 2.45) is 0 Å². The van der Waals surface area contributed by atoms with Crippen LogP contribution in [-0.2, 0) is 4.79 Å². The van der Waals surface area contributed by atoms with Crippen LogP contribution in [0.3, 0.4) is 0 Å². The average molecular weight is 217 g/mol. The number of amides is 1. The largest absolute Gasteiger partial charge is 0.374 e. The van der Waals surface area contributed by atoms with Crippen molar-refractivity contribution >= 4 is 11.6 Å². The molecular formula is C12H15N3O. The molecule has 4 nitrogen and oxygen atoms in total. The number of benzene rings is 1. The number of anilines is 1. The maximum atomic E-state index is 11.5. The zero-order valence-electron chi connectivity index (χ0n) is 9.45. The third-order valence-electron chi connectivity index (χ3n) is 2.12. The number of nitrogens with zero attached hydrogens (tertiary/aromatic N) is 1. The summed E-state index contributed by atoms with van der Waals surface area (Å²) in [6, 6.07) is 8.80. The molecule has 0 heterocycles. The summed E-state index contributed by atoms with van der Waals surface area (Å²) in [5.74, 6) is -0.0511. The molecule has 0 saturated carbocycles. The summed E-state index contributed by atoms with van der Waals surface area (Å²) in [6.07, 6.45) is 0. The summed E-state index contributed by atoms with van der Waals surface area (Å²) < 4.78 is 0. The van der Waals surface area contributed by atoms with Gasteiger partial charge in [0.15, 0.2) is 0 Å². The first-order chi connectivity index (χ1) is 7.67. The summed E-state index contributed by atoms with van der Waals surface area (Å²) in [7, 11) is 0. The van der Waals surface area contributed by atoms with Gasteiger partial charge in [0.2, 0.25) is 5.91 Å². The van der Waals surface area contributed by atoms with Crippen molar-refractivity contribution in [1.29, 1.82) is 5.26 Å². The van der Waals surface area contributed by atoms with Crippen LogP contribution < -0.4 is 10.6 Å². The number of nitrogens with one attached hydrogen (secondary N) is 2. The van der Waals surface area contributed by atoms with Gasteiger partial charge < -0.3 is 10.6 Å². The van der Waals surface area contributed by atoms with Crippen LogP contribution in [0.2, 0.25) is 0 Å². The third kappa shape index (κ3) is 3.28.